The second-order valence-electron chi connectivity index (χ2n) is 8.72. The molecular formula is C27H22Cl3N3O3. The van der Waals surface area contributed by atoms with Crippen molar-refractivity contribution in [3.8, 4) is 11.1 Å². The summed E-state index contributed by atoms with van der Waals surface area (Å²) in [5.74, 6) is 0. The highest BCUT2D eigenvalue weighted by Crippen LogP contribution is 2.45. The van der Waals surface area contributed by atoms with E-state index in [2.05, 4.69) is 5.32 Å². The van der Waals surface area contributed by atoms with E-state index in [0.717, 1.165) is 40.7 Å². The molecule has 184 valence electrons. The average molecular weight is 543 g/mol. The molecule has 0 aromatic heterocycles. The lowest BCUT2D eigenvalue weighted by atomic mass is 9.92. The third-order valence-corrected chi connectivity index (χ3v) is 7.34. The van der Waals surface area contributed by atoms with Crippen LogP contribution < -0.4 is 10.2 Å². The zero-order valence-electron chi connectivity index (χ0n) is 19.1. The molecule has 0 spiro atoms. The fraction of sp³-hybridized carbons (Fsp3) is 0.185. The minimum Gasteiger partial charge on any atom is -0.465 e. The summed E-state index contributed by atoms with van der Waals surface area (Å²) in [6.07, 6.45) is 2.61. The monoisotopic (exact) mass is 541 g/mol. The molecule has 2 aliphatic heterocycles. The van der Waals surface area contributed by atoms with Gasteiger partial charge in [0.25, 0.3) is 0 Å². The van der Waals surface area contributed by atoms with Gasteiger partial charge in [0.05, 0.1) is 21.4 Å². The number of rotatable bonds is 3. The van der Waals surface area contributed by atoms with Crippen molar-refractivity contribution in [2.24, 2.45) is 0 Å². The topological polar surface area (TPSA) is 72.9 Å². The number of carbonyl (C=O) groups is 2. The van der Waals surface area contributed by atoms with Crippen molar-refractivity contribution in [3.63, 3.8) is 0 Å². The fourth-order valence-electron chi connectivity index (χ4n) is 4.76. The van der Waals surface area contributed by atoms with Crippen LogP contribution in [0.4, 0.5) is 21.0 Å². The number of hydrogen-bond donors (Lipinski definition) is 2. The number of nitrogens with zero attached hydrogens (tertiary/aromatic N) is 2. The minimum absolute atomic E-state index is 0.303. The van der Waals surface area contributed by atoms with Gasteiger partial charge >= 0.3 is 12.1 Å². The standard InChI is InChI=1S/C27H22Cl3N3O3/c28-21-7-2-1-6-18(21)19-12-17(11-16-5-4-10-32(15-16)27(35)36)13-24-20(19)14-31-26(34)33(24)25-22(29)8-3-9-23(25)30/h1-3,6-9,11-13H,4-5,10,14-15H2,(H,31,34)(H,35,36)/b16-11-. The first-order valence-corrected chi connectivity index (χ1v) is 12.6. The van der Waals surface area contributed by atoms with E-state index >= 15 is 0 Å². The molecular weight excluding hydrogens is 521 g/mol. The van der Waals surface area contributed by atoms with Crippen molar-refractivity contribution in [3.05, 3.63) is 86.4 Å². The van der Waals surface area contributed by atoms with Gasteiger partial charge in [0, 0.05) is 35.8 Å². The smallest absolute Gasteiger partial charge is 0.407 e. The third-order valence-electron chi connectivity index (χ3n) is 6.40. The molecule has 0 atom stereocenters. The second-order valence-corrected chi connectivity index (χ2v) is 9.94. The zero-order valence-corrected chi connectivity index (χ0v) is 21.4. The summed E-state index contributed by atoms with van der Waals surface area (Å²) in [6.45, 7) is 1.16. The Hall–Kier alpha value is -3.19. The highest BCUT2D eigenvalue weighted by molar-refractivity contribution is 6.40. The number of fused-ring (bicyclic) bond motifs is 1. The van der Waals surface area contributed by atoms with E-state index in [-0.39, 0.29) is 6.03 Å². The maximum atomic E-state index is 13.2. The normalized spacial score (nSPS) is 16.6. The van der Waals surface area contributed by atoms with Crippen LogP contribution in [0.1, 0.15) is 24.0 Å². The fourth-order valence-corrected chi connectivity index (χ4v) is 5.57. The van der Waals surface area contributed by atoms with Crippen LogP contribution in [0, 0.1) is 0 Å². The number of piperidine rings is 1. The number of likely N-dealkylation sites (tertiary alicyclic amines) is 1. The number of para-hydroxylation sites is 1. The van der Waals surface area contributed by atoms with Crippen LogP contribution in [-0.2, 0) is 6.54 Å². The van der Waals surface area contributed by atoms with E-state index < -0.39 is 6.09 Å². The van der Waals surface area contributed by atoms with Gasteiger partial charge in [0.1, 0.15) is 0 Å². The number of benzene rings is 3. The van der Waals surface area contributed by atoms with Crippen LogP contribution in [0.15, 0.2) is 60.2 Å². The third kappa shape index (κ3) is 4.64. The molecule has 6 nitrogen and oxygen atoms in total. The van der Waals surface area contributed by atoms with Crippen molar-refractivity contribution in [1.82, 2.24) is 10.2 Å². The number of anilines is 2. The minimum atomic E-state index is -0.931. The maximum Gasteiger partial charge on any atom is 0.407 e. The summed E-state index contributed by atoms with van der Waals surface area (Å²) in [4.78, 5) is 27.6. The van der Waals surface area contributed by atoms with Crippen LogP contribution in [-0.4, -0.2) is 35.2 Å². The first kappa shape index (κ1) is 24.5. The van der Waals surface area contributed by atoms with Gasteiger partial charge in [-0.3, -0.25) is 4.90 Å². The van der Waals surface area contributed by atoms with E-state index in [0.29, 0.717) is 46.1 Å². The molecule has 5 rings (SSSR count). The van der Waals surface area contributed by atoms with Crippen LogP contribution in [0.25, 0.3) is 17.2 Å². The molecule has 1 saturated heterocycles. The Balaban J connectivity index is 1.72. The van der Waals surface area contributed by atoms with Crippen molar-refractivity contribution in [2.45, 2.75) is 19.4 Å². The van der Waals surface area contributed by atoms with Gasteiger partial charge < -0.3 is 15.3 Å². The highest BCUT2D eigenvalue weighted by atomic mass is 35.5. The molecule has 2 N–H and O–H groups in total. The van der Waals surface area contributed by atoms with Crippen LogP contribution in [0.2, 0.25) is 15.1 Å². The Labute approximate surface area is 223 Å². The average Bonchev–Trinajstić information content (AvgIpc) is 2.85. The summed E-state index contributed by atoms with van der Waals surface area (Å²) in [7, 11) is 0. The Morgan fingerprint density at radius 1 is 0.972 bits per heavy atom. The highest BCUT2D eigenvalue weighted by Gasteiger charge is 2.31. The molecule has 3 aromatic rings. The van der Waals surface area contributed by atoms with Gasteiger partial charge in [-0.2, -0.15) is 0 Å². The quantitative estimate of drug-likeness (QED) is 0.354. The predicted molar refractivity (Wildman–Crippen MR) is 145 cm³/mol. The van der Waals surface area contributed by atoms with Crippen LogP contribution >= 0.6 is 34.8 Å². The lowest BCUT2D eigenvalue weighted by Gasteiger charge is -2.33. The van der Waals surface area contributed by atoms with Crippen molar-refractivity contribution >= 4 is 64.4 Å². The lowest BCUT2D eigenvalue weighted by molar-refractivity contribution is 0.144. The Kier molecular flexibility index (Phi) is 6.84. The second kappa shape index (κ2) is 10.1. The molecule has 1 fully saturated rings. The van der Waals surface area contributed by atoms with E-state index in [1.165, 1.54) is 9.80 Å². The van der Waals surface area contributed by atoms with E-state index in [9.17, 15) is 14.7 Å². The molecule has 2 aliphatic rings. The first-order chi connectivity index (χ1) is 17.3. The molecule has 3 amide bonds. The van der Waals surface area contributed by atoms with Gasteiger partial charge in [-0.05, 0) is 54.3 Å². The van der Waals surface area contributed by atoms with Crippen molar-refractivity contribution < 1.29 is 14.7 Å². The summed E-state index contributed by atoms with van der Waals surface area (Å²) >= 11 is 19.6. The zero-order chi connectivity index (χ0) is 25.4. The molecule has 9 heteroatoms. The van der Waals surface area contributed by atoms with Gasteiger partial charge in [-0.25, -0.2) is 9.59 Å². The first-order valence-electron chi connectivity index (χ1n) is 11.4. The number of urea groups is 1. The van der Waals surface area contributed by atoms with Crippen LogP contribution in [0.3, 0.4) is 0 Å². The summed E-state index contributed by atoms with van der Waals surface area (Å²) in [5, 5.41) is 13.7. The Morgan fingerprint density at radius 2 is 1.69 bits per heavy atom. The number of carboxylic acid groups (broad SMARTS) is 1. The number of nitrogens with one attached hydrogen (secondary N) is 1. The Morgan fingerprint density at radius 3 is 2.42 bits per heavy atom. The number of amides is 3. The summed E-state index contributed by atoms with van der Waals surface area (Å²) < 4.78 is 0. The maximum absolute atomic E-state index is 13.2. The number of hydrogen-bond acceptors (Lipinski definition) is 2. The van der Waals surface area contributed by atoms with E-state index in [4.69, 9.17) is 34.8 Å². The molecule has 0 radical (unpaired) electrons. The van der Waals surface area contributed by atoms with Gasteiger partial charge in [-0.15, -0.1) is 0 Å². The largest absolute Gasteiger partial charge is 0.465 e. The molecule has 0 saturated carbocycles. The SMILES string of the molecule is O=C(O)N1CCC/C(=C/c2cc(-c3ccccc3Cl)c3c(c2)N(c2c(Cl)cccc2Cl)C(=O)NC3)C1. The molecule has 0 unspecified atom stereocenters. The van der Waals surface area contributed by atoms with Crippen molar-refractivity contribution in [1.29, 1.82) is 0 Å². The molecule has 0 aliphatic carbocycles. The number of carbonyl (C=O) groups excluding carboxylic acids is 1. The number of halogens is 3. The van der Waals surface area contributed by atoms with Crippen molar-refractivity contribution in [2.75, 3.05) is 18.0 Å². The summed E-state index contributed by atoms with van der Waals surface area (Å²) in [6, 6.07) is 16.2. The predicted octanol–water partition coefficient (Wildman–Crippen LogP) is 7.83. The van der Waals surface area contributed by atoms with Gasteiger partial charge in [-0.1, -0.05) is 70.7 Å². The lowest BCUT2D eigenvalue weighted by Crippen LogP contribution is -2.41. The molecule has 36 heavy (non-hydrogen) atoms. The molecule has 2 heterocycles. The Bertz CT molecular complexity index is 1390. The van der Waals surface area contributed by atoms with E-state index in [1.54, 1.807) is 18.2 Å². The van der Waals surface area contributed by atoms with Gasteiger partial charge in [0.15, 0.2) is 0 Å². The molecule has 0 bridgehead atoms. The molecule has 3 aromatic carbocycles. The van der Waals surface area contributed by atoms with E-state index in [1.807, 2.05) is 42.5 Å². The summed E-state index contributed by atoms with van der Waals surface area (Å²) in [5.41, 5.74) is 5.42. The van der Waals surface area contributed by atoms with Gasteiger partial charge in [0.2, 0.25) is 0 Å². The van der Waals surface area contributed by atoms with Crippen LogP contribution in [0.5, 0.6) is 0 Å².